The van der Waals surface area contributed by atoms with Gasteiger partial charge in [-0.1, -0.05) is 12.1 Å². The lowest BCUT2D eigenvalue weighted by Crippen LogP contribution is -2.35. The third kappa shape index (κ3) is 6.80. The Balaban J connectivity index is 2.33. The van der Waals surface area contributed by atoms with E-state index in [4.69, 9.17) is 15.2 Å². The van der Waals surface area contributed by atoms with Crippen LogP contribution < -0.4 is 10.5 Å². The molecule has 1 atom stereocenters. The molecule has 0 spiro atoms. The summed E-state index contributed by atoms with van der Waals surface area (Å²) in [7, 11) is 1.73. The summed E-state index contributed by atoms with van der Waals surface area (Å²) in [5, 5.41) is 0. The normalized spacial score (nSPS) is 12.6. The highest BCUT2D eigenvalue weighted by molar-refractivity contribution is 5.67. The Labute approximate surface area is 133 Å². The summed E-state index contributed by atoms with van der Waals surface area (Å²) in [6, 6.07) is 7.75. The fourth-order valence-electron chi connectivity index (χ4n) is 1.81. The number of nitrogens with zero attached hydrogens (tertiary/aromatic N) is 1. The van der Waals surface area contributed by atoms with Crippen molar-refractivity contribution in [3.05, 3.63) is 29.8 Å². The molecule has 22 heavy (non-hydrogen) atoms. The molecular weight excluding hydrogens is 280 g/mol. The molecule has 1 aromatic rings. The summed E-state index contributed by atoms with van der Waals surface area (Å²) >= 11 is 0. The molecular formula is C17H28N2O3. The number of benzene rings is 1. The van der Waals surface area contributed by atoms with Gasteiger partial charge in [-0.15, -0.1) is 0 Å². The van der Waals surface area contributed by atoms with E-state index in [0.29, 0.717) is 13.2 Å². The molecule has 0 saturated carbocycles. The minimum absolute atomic E-state index is 0.0122. The predicted octanol–water partition coefficient (Wildman–Crippen LogP) is 3.34. The first-order valence-electron chi connectivity index (χ1n) is 7.61. The Morgan fingerprint density at radius 2 is 2.05 bits per heavy atom. The van der Waals surface area contributed by atoms with E-state index < -0.39 is 5.60 Å². The van der Waals surface area contributed by atoms with E-state index in [1.54, 1.807) is 11.9 Å². The minimum Gasteiger partial charge on any atom is -0.494 e. The Hall–Kier alpha value is -1.75. The Morgan fingerprint density at radius 1 is 1.36 bits per heavy atom. The Morgan fingerprint density at radius 3 is 2.64 bits per heavy atom. The Kier molecular flexibility index (Phi) is 6.68. The number of nitrogens with two attached hydrogens (primary N) is 1. The number of amides is 1. The van der Waals surface area contributed by atoms with Crippen LogP contribution in [0.3, 0.4) is 0 Å². The van der Waals surface area contributed by atoms with Crippen LogP contribution in [0.2, 0.25) is 0 Å². The summed E-state index contributed by atoms with van der Waals surface area (Å²) < 4.78 is 11.0. The number of carbonyl (C=O) groups excluding carboxylic acids is 1. The summed E-state index contributed by atoms with van der Waals surface area (Å²) in [5.74, 6) is 0.801. The van der Waals surface area contributed by atoms with Crippen LogP contribution in [-0.4, -0.2) is 36.8 Å². The monoisotopic (exact) mass is 308 g/mol. The Bertz CT molecular complexity index is 481. The zero-order valence-corrected chi connectivity index (χ0v) is 14.3. The molecule has 2 N–H and O–H groups in total. The highest BCUT2D eigenvalue weighted by atomic mass is 16.6. The van der Waals surface area contributed by atoms with Crippen molar-refractivity contribution < 1.29 is 14.3 Å². The van der Waals surface area contributed by atoms with Gasteiger partial charge in [0.15, 0.2) is 0 Å². The van der Waals surface area contributed by atoms with Gasteiger partial charge in [-0.25, -0.2) is 4.79 Å². The summed E-state index contributed by atoms with van der Waals surface area (Å²) in [6.45, 7) is 8.63. The van der Waals surface area contributed by atoms with Gasteiger partial charge in [0, 0.05) is 19.6 Å². The standard InChI is InChI=1S/C17H28N2O3/c1-13(18)14-8-6-9-15(12-14)21-11-7-10-19(5)16(20)22-17(2,3)4/h6,8-9,12-13H,7,10-11,18H2,1-5H3/t13-/m1/s1. The average Bonchev–Trinajstić information content (AvgIpc) is 2.41. The van der Waals surface area contributed by atoms with Gasteiger partial charge < -0.3 is 20.1 Å². The molecule has 1 rings (SSSR count). The molecule has 5 nitrogen and oxygen atoms in total. The third-order valence-corrected chi connectivity index (χ3v) is 3.00. The highest BCUT2D eigenvalue weighted by Gasteiger charge is 2.19. The van der Waals surface area contributed by atoms with Gasteiger partial charge in [-0.05, 0) is 51.8 Å². The number of carbonyl (C=O) groups is 1. The van der Waals surface area contributed by atoms with Crippen molar-refractivity contribution in [1.82, 2.24) is 4.90 Å². The van der Waals surface area contributed by atoms with Gasteiger partial charge in [-0.2, -0.15) is 0 Å². The van der Waals surface area contributed by atoms with Gasteiger partial charge >= 0.3 is 6.09 Å². The molecule has 0 aliphatic rings. The van der Waals surface area contributed by atoms with Crippen molar-refractivity contribution >= 4 is 6.09 Å². The van der Waals surface area contributed by atoms with Crippen LogP contribution in [0.25, 0.3) is 0 Å². The molecule has 0 bridgehead atoms. The lowest BCUT2D eigenvalue weighted by Gasteiger charge is -2.24. The first-order chi connectivity index (χ1) is 10.2. The quantitative estimate of drug-likeness (QED) is 0.819. The van der Waals surface area contributed by atoms with Gasteiger partial charge in [0.2, 0.25) is 0 Å². The van der Waals surface area contributed by atoms with Gasteiger partial charge in [0.1, 0.15) is 11.4 Å². The SMILES string of the molecule is C[C@@H](N)c1cccc(OCCCN(C)C(=O)OC(C)(C)C)c1. The highest BCUT2D eigenvalue weighted by Crippen LogP contribution is 2.17. The number of hydrogen-bond acceptors (Lipinski definition) is 4. The molecule has 0 fully saturated rings. The van der Waals surface area contributed by atoms with Crippen molar-refractivity contribution in [3.8, 4) is 5.75 Å². The van der Waals surface area contributed by atoms with E-state index >= 15 is 0 Å². The summed E-state index contributed by atoms with van der Waals surface area (Å²) in [5.41, 5.74) is 6.42. The van der Waals surface area contributed by atoms with E-state index in [1.807, 2.05) is 52.0 Å². The summed E-state index contributed by atoms with van der Waals surface area (Å²) in [4.78, 5) is 13.4. The average molecular weight is 308 g/mol. The molecule has 0 aliphatic carbocycles. The fraction of sp³-hybridized carbons (Fsp3) is 0.588. The van der Waals surface area contributed by atoms with Crippen LogP contribution in [0, 0.1) is 0 Å². The molecule has 1 amide bonds. The lowest BCUT2D eigenvalue weighted by atomic mass is 10.1. The number of ether oxygens (including phenoxy) is 2. The van der Waals surface area contributed by atoms with Gasteiger partial charge in [0.05, 0.1) is 6.61 Å². The molecule has 5 heteroatoms. The topological polar surface area (TPSA) is 64.8 Å². The predicted molar refractivity (Wildman–Crippen MR) is 88.0 cm³/mol. The maximum Gasteiger partial charge on any atom is 0.410 e. The van der Waals surface area contributed by atoms with Crippen molar-refractivity contribution in [1.29, 1.82) is 0 Å². The fourth-order valence-corrected chi connectivity index (χ4v) is 1.81. The van der Waals surface area contributed by atoms with Crippen LogP contribution >= 0.6 is 0 Å². The molecule has 0 saturated heterocycles. The zero-order chi connectivity index (χ0) is 16.8. The molecule has 124 valence electrons. The van der Waals surface area contributed by atoms with E-state index in [-0.39, 0.29) is 12.1 Å². The second kappa shape index (κ2) is 8.03. The summed E-state index contributed by atoms with van der Waals surface area (Å²) in [6.07, 6.45) is 0.421. The maximum atomic E-state index is 11.8. The second-order valence-corrected chi connectivity index (χ2v) is 6.47. The van der Waals surface area contributed by atoms with Crippen LogP contribution in [0.15, 0.2) is 24.3 Å². The third-order valence-electron chi connectivity index (χ3n) is 3.00. The van der Waals surface area contributed by atoms with Crippen molar-refractivity contribution in [2.75, 3.05) is 20.2 Å². The van der Waals surface area contributed by atoms with E-state index in [2.05, 4.69) is 0 Å². The van der Waals surface area contributed by atoms with E-state index in [0.717, 1.165) is 17.7 Å². The van der Waals surface area contributed by atoms with E-state index in [1.165, 1.54) is 0 Å². The molecule has 0 aromatic heterocycles. The van der Waals surface area contributed by atoms with Gasteiger partial charge in [-0.3, -0.25) is 0 Å². The van der Waals surface area contributed by atoms with Crippen LogP contribution in [0.5, 0.6) is 5.75 Å². The van der Waals surface area contributed by atoms with Crippen LogP contribution in [-0.2, 0) is 4.74 Å². The molecule has 0 heterocycles. The minimum atomic E-state index is -0.471. The van der Waals surface area contributed by atoms with Crippen LogP contribution in [0.4, 0.5) is 4.79 Å². The maximum absolute atomic E-state index is 11.8. The first kappa shape index (κ1) is 18.3. The first-order valence-corrected chi connectivity index (χ1v) is 7.61. The van der Waals surface area contributed by atoms with Crippen molar-refractivity contribution in [2.24, 2.45) is 5.73 Å². The van der Waals surface area contributed by atoms with Gasteiger partial charge in [0.25, 0.3) is 0 Å². The van der Waals surface area contributed by atoms with Crippen molar-refractivity contribution in [3.63, 3.8) is 0 Å². The van der Waals surface area contributed by atoms with E-state index in [9.17, 15) is 4.79 Å². The molecule has 1 aromatic carbocycles. The number of rotatable bonds is 6. The van der Waals surface area contributed by atoms with Crippen molar-refractivity contribution in [2.45, 2.75) is 45.8 Å². The molecule has 0 aliphatic heterocycles. The lowest BCUT2D eigenvalue weighted by molar-refractivity contribution is 0.0292. The second-order valence-electron chi connectivity index (χ2n) is 6.47. The molecule has 0 unspecified atom stereocenters. The zero-order valence-electron chi connectivity index (χ0n) is 14.3. The van der Waals surface area contributed by atoms with Crippen LogP contribution in [0.1, 0.15) is 45.7 Å². The number of hydrogen-bond donors (Lipinski definition) is 1. The largest absolute Gasteiger partial charge is 0.494 e. The molecule has 0 radical (unpaired) electrons. The smallest absolute Gasteiger partial charge is 0.410 e.